The van der Waals surface area contributed by atoms with Gasteiger partial charge in [-0.3, -0.25) is 4.79 Å². The molecule has 0 fully saturated rings. The maximum Gasteiger partial charge on any atom is 0.221 e. The summed E-state index contributed by atoms with van der Waals surface area (Å²) in [6, 6.07) is 0.339. The van der Waals surface area contributed by atoms with E-state index in [0.717, 1.165) is 25.7 Å². The first-order valence-electron chi connectivity index (χ1n) is 5.42. The topological polar surface area (TPSA) is 55.1 Å². The first-order valence-corrected chi connectivity index (χ1v) is 5.42. The Hall–Kier alpha value is -0.830. The highest BCUT2D eigenvalue weighted by molar-refractivity contribution is 5.76. The minimum Gasteiger partial charge on any atom is -0.353 e. The highest BCUT2D eigenvalue weighted by atomic mass is 16.1. The molecule has 0 aromatic heterocycles. The lowest BCUT2D eigenvalue weighted by Crippen LogP contribution is -2.37. The van der Waals surface area contributed by atoms with Crippen LogP contribution in [0.1, 0.15) is 39.0 Å². The van der Waals surface area contributed by atoms with Crippen LogP contribution in [0.2, 0.25) is 0 Å². The Labute approximate surface area is 85.7 Å². The summed E-state index contributed by atoms with van der Waals surface area (Å²) in [7, 11) is 0. The van der Waals surface area contributed by atoms with Gasteiger partial charge in [0.1, 0.15) is 0 Å². The molecule has 1 unspecified atom stereocenters. The van der Waals surface area contributed by atoms with E-state index in [0.29, 0.717) is 12.5 Å². The van der Waals surface area contributed by atoms with Crippen LogP contribution in [-0.4, -0.2) is 18.0 Å². The average molecular weight is 196 g/mol. The fourth-order valence-electron chi connectivity index (χ4n) is 1.73. The van der Waals surface area contributed by atoms with Crippen LogP contribution < -0.4 is 11.1 Å². The second kappa shape index (κ2) is 5.81. The van der Waals surface area contributed by atoms with Gasteiger partial charge >= 0.3 is 0 Å². The Balaban J connectivity index is 2.15. The summed E-state index contributed by atoms with van der Waals surface area (Å²) in [4.78, 5) is 11.5. The number of carbonyl (C=O) groups excluding carboxylic acids is 1. The Morgan fingerprint density at radius 2 is 2.21 bits per heavy atom. The normalized spacial score (nSPS) is 18.4. The van der Waals surface area contributed by atoms with E-state index in [1.807, 2.05) is 0 Å². The molecule has 1 rings (SSSR count). The summed E-state index contributed by atoms with van der Waals surface area (Å²) in [5, 5.41) is 2.99. The molecule has 3 nitrogen and oxygen atoms in total. The molecule has 0 spiro atoms. The molecule has 0 aromatic carbocycles. The molecule has 0 aliphatic heterocycles. The maximum atomic E-state index is 11.5. The van der Waals surface area contributed by atoms with E-state index in [2.05, 4.69) is 24.4 Å². The van der Waals surface area contributed by atoms with Gasteiger partial charge in [0, 0.05) is 18.5 Å². The number of hydrogen-bond donors (Lipinski definition) is 2. The van der Waals surface area contributed by atoms with Gasteiger partial charge in [-0.15, -0.1) is 0 Å². The predicted molar refractivity (Wildman–Crippen MR) is 57.8 cm³/mol. The largest absolute Gasteiger partial charge is 0.353 e. The highest BCUT2D eigenvalue weighted by Crippen LogP contribution is 2.09. The molecule has 0 aromatic rings. The maximum absolute atomic E-state index is 11.5. The van der Waals surface area contributed by atoms with E-state index in [1.54, 1.807) is 0 Å². The quantitative estimate of drug-likeness (QED) is 0.652. The van der Waals surface area contributed by atoms with Crippen molar-refractivity contribution in [1.82, 2.24) is 5.32 Å². The second-order valence-corrected chi connectivity index (χ2v) is 3.96. The van der Waals surface area contributed by atoms with E-state index < -0.39 is 0 Å². The van der Waals surface area contributed by atoms with Crippen molar-refractivity contribution in [3.63, 3.8) is 0 Å². The Kier molecular flexibility index (Phi) is 4.66. The molecule has 1 atom stereocenters. The molecule has 0 radical (unpaired) electrons. The van der Waals surface area contributed by atoms with Crippen molar-refractivity contribution in [2.75, 3.05) is 0 Å². The summed E-state index contributed by atoms with van der Waals surface area (Å²) in [5.74, 6) is 0.0969. The monoisotopic (exact) mass is 196 g/mol. The van der Waals surface area contributed by atoms with Crippen molar-refractivity contribution >= 4 is 5.91 Å². The van der Waals surface area contributed by atoms with Crippen LogP contribution in [0.25, 0.3) is 0 Å². The van der Waals surface area contributed by atoms with Gasteiger partial charge in [0.15, 0.2) is 0 Å². The SMILES string of the molecule is CCCC(N)CC(=O)NC1CC=CC1. The van der Waals surface area contributed by atoms with Crippen LogP contribution >= 0.6 is 0 Å². The third-order valence-corrected chi connectivity index (χ3v) is 2.48. The Bertz CT molecular complexity index is 205. The first-order chi connectivity index (χ1) is 6.72. The van der Waals surface area contributed by atoms with Crippen molar-refractivity contribution in [2.24, 2.45) is 5.73 Å². The van der Waals surface area contributed by atoms with Crippen molar-refractivity contribution in [2.45, 2.75) is 51.1 Å². The number of nitrogens with one attached hydrogen (secondary N) is 1. The molecule has 1 aliphatic rings. The van der Waals surface area contributed by atoms with Gasteiger partial charge in [-0.2, -0.15) is 0 Å². The molecule has 1 amide bonds. The van der Waals surface area contributed by atoms with Crippen LogP contribution in [0.5, 0.6) is 0 Å². The van der Waals surface area contributed by atoms with Gasteiger partial charge in [0.05, 0.1) is 0 Å². The number of nitrogens with two attached hydrogens (primary N) is 1. The van der Waals surface area contributed by atoms with Gasteiger partial charge in [0.25, 0.3) is 0 Å². The van der Waals surface area contributed by atoms with E-state index in [4.69, 9.17) is 5.73 Å². The second-order valence-electron chi connectivity index (χ2n) is 3.96. The molecule has 14 heavy (non-hydrogen) atoms. The van der Waals surface area contributed by atoms with Crippen LogP contribution in [0.15, 0.2) is 12.2 Å². The molecule has 3 heteroatoms. The fourth-order valence-corrected chi connectivity index (χ4v) is 1.73. The lowest BCUT2D eigenvalue weighted by atomic mass is 10.1. The third kappa shape index (κ3) is 3.92. The summed E-state index contributed by atoms with van der Waals surface area (Å²) in [6.07, 6.45) is 8.58. The molecule has 0 bridgehead atoms. The molecular weight excluding hydrogens is 176 g/mol. The fraction of sp³-hybridized carbons (Fsp3) is 0.727. The Morgan fingerprint density at radius 1 is 1.57 bits per heavy atom. The first kappa shape index (κ1) is 11.2. The average Bonchev–Trinajstić information content (AvgIpc) is 2.56. The lowest BCUT2D eigenvalue weighted by Gasteiger charge is -2.14. The van der Waals surface area contributed by atoms with Crippen molar-refractivity contribution in [3.05, 3.63) is 12.2 Å². The van der Waals surface area contributed by atoms with E-state index >= 15 is 0 Å². The summed E-state index contributed by atoms with van der Waals surface area (Å²) in [6.45, 7) is 2.08. The smallest absolute Gasteiger partial charge is 0.221 e. The summed E-state index contributed by atoms with van der Waals surface area (Å²) < 4.78 is 0. The van der Waals surface area contributed by atoms with Crippen molar-refractivity contribution in [1.29, 1.82) is 0 Å². The molecule has 3 N–H and O–H groups in total. The lowest BCUT2D eigenvalue weighted by molar-refractivity contribution is -0.122. The van der Waals surface area contributed by atoms with E-state index in [9.17, 15) is 4.79 Å². The van der Waals surface area contributed by atoms with Crippen LogP contribution in [-0.2, 0) is 4.79 Å². The molecule has 0 saturated heterocycles. The summed E-state index contributed by atoms with van der Waals surface area (Å²) >= 11 is 0. The molecular formula is C11H20N2O. The van der Waals surface area contributed by atoms with Crippen molar-refractivity contribution in [3.8, 4) is 0 Å². The third-order valence-electron chi connectivity index (χ3n) is 2.48. The van der Waals surface area contributed by atoms with Crippen LogP contribution in [0, 0.1) is 0 Å². The molecule has 80 valence electrons. The number of carbonyl (C=O) groups is 1. The van der Waals surface area contributed by atoms with Gasteiger partial charge in [-0.05, 0) is 19.3 Å². The van der Waals surface area contributed by atoms with E-state index in [-0.39, 0.29) is 11.9 Å². The van der Waals surface area contributed by atoms with Gasteiger partial charge < -0.3 is 11.1 Å². The minimum atomic E-state index is 0.0226. The molecule has 0 saturated carbocycles. The zero-order valence-electron chi connectivity index (χ0n) is 8.83. The number of amides is 1. The van der Waals surface area contributed by atoms with Gasteiger partial charge in [0.2, 0.25) is 5.91 Å². The zero-order valence-corrected chi connectivity index (χ0v) is 8.83. The van der Waals surface area contributed by atoms with Crippen LogP contribution in [0.4, 0.5) is 0 Å². The molecule has 1 aliphatic carbocycles. The van der Waals surface area contributed by atoms with Gasteiger partial charge in [-0.25, -0.2) is 0 Å². The van der Waals surface area contributed by atoms with Crippen molar-refractivity contribution < 1.29 is 4.79 Å². The minimum absolute atomic E-state index is 0.0226. The predicted octanol–water partition coefficient (Wildman–Crippen LogP) is 1.34. The Morgan fingerprint density at radius 3 is 2.79 bits per heavy atom. The summed E-state index contributed by atoms with van der Waals surface area (Å²) in [5.41, 5.74) is 5.78. The highest BCUT2D eigenvalue weighted by Gasteiger charge is 2.14. The zero-order chi connectivity index (χ0) is 10.4. The number of rotatable bonds is 5. The van der Waals surface area contributed by atoms with Crippen LogP contribution in [0.3, 0.4) is 0 Å². The molecule has 0 heterocycles. The standard InChI is InChI=1S/C11H20N2O/c1-2-5-9(12)8-11(14)13-10-6-3-4-7-10/h3-4,9-10H,2,5-8,12H2,1H3,(H,13,14). The van der Waals surface area contributed by atoms with E-state index in [1.165, 1.54) is 0 Å². The number of hydrogen-bond acceptors (Lipinski definition) is 2. The van der Waals surface area contributed by atoms with Gasteiger partial charge in [-0.1, -0.05) is 25.5 Å².